The minimum Gasteiger partial charge on any atom is -0.334 e. The van der Waals surface area contributed by atoms with Crippen molar-refractivity contribution in [1.29, 1.82) is 0 Å². The lowest BCUT2D eigenvalue weighted by Crippen LogP contribution is -2.76. The third-order valence-corrected chi connectivity index (χ3v) is 7.03. The summed E-state index contributed by atoms with van der Waals surface area (Å²) < 4.78 is 13.2. The van der Waals surface area contributed by atoms with Gasteiger partial charge in [0.05, 0.1) is 13.1 Å². The predicted molar refractivity (Wildman–Crippen MR) is 121 cm³/mol. The zero-order chi connectivity index (χ0) is 23.5. The van der Waals surface area contributed by atoms with Gasteiger partial charge in [-0.3, -0.25) is 9.59 Å². The molecule has 0 aromatic heterocycles. The van der Waals surface area contributed by atoms with E-state index in [2.05, 4.69) is 5.32 Å². The highest BCUT2D eigenvalue weighted by atomic mass is 19.1. The standard InChI is InChI=1S/C24H34FN5O3/c1-3-7-20-23(32)28(19-8-5-4-6-9-19)15-21-29(20)22(31)16-27(2)30(21)24(33)26-14-17-10-12-18(25)13-11-17/h10-13,19-21H,3-9,14-16H2,1-2H3,(H,26,33)/t20-,21-/m0/s1. The van der Waals surface area contributed by atoms with Crippen molar-refractivity contribution in [3.63, 3.8) is 0 Å². The Hall–Kier alpha value is -2.68. The van der Waals surface area contributed by atoms with E-state index >= 15 is 0 Å². The molecule has 0 radical (unpaired) electrons. The molecule has 2 saturated heterocycles. The van der Waals surface area contributed by atoms with E-state index in [9.17, 15) is 18.8 Å². The molecule has 4 rings (SSSR count). The molecule has 8 nitrogen and oxygen atoms in total. The van der Waals surface area contributed by atoms with Crippen LogP contribution in [0.4, 0.5) is 9.18 Å². The fourth-order valence-electron chi connectivity index (χ4n) is 5.40. The Balaban J connectivity index is 1.57. The molecule has 0 spiro atoms. The highest BCUT2D eigenvalue weighted by Crippen LogP contribution is 2.32. The first-order valence-corrected chi connectivity index (χ1v) is 12.0. The van der Waals surface area contributed by atoms with Crippen molar-refractivity contribution in [3.05, 3.63) is 35.6 Å². The number of carbonyl (C=O) groups is 3. The van der Waals surface area contributed by atoms with Gasteiger partial charge in [-0.15, -0.1) is 0 Å². The Labute approximate surface area is 194 Å². The van der Waals surface area contributed by atoms with Gasteiger partial charge in [-0.1, -0.05) is 44.7 Å². The van der Waals surface area contributed by atoms with Gasteiger partial charge in [0.1, 0.15) is 18.0 Å². The first-order chi connectivity index (χ1) is 15.9. The summed E-state index contributed by atoms with van der Waals surface area (Å²) in [6, 6.07) is 5.28. The van der Waals surface area contributed by atoms with Crippen molar-refractivity contribution >= 4 is 17.8 Å². The number of hydrogen-bond acceptors (Lipinski definition) is 4. The molecule has 33 heavy (non-hydrogen) atoms. The van der Waals surface area contributed by atoms with Gasteiger partial charge >= 0.3 is 6.03 Å². The molecule has 3 aliphatic rings. The van der Waals surface area contributed by atoms with E-state index in [4.69, 9.17) is 0 Å². The topological polar surface area (TPSA) is 76.2 Å². The van der Waals surface area contributed by atoms with E-state index in [1.54, 1.807) is 34.1 Å². The fraction of sp³-hybridized carbons (Fsp3) is 0.625. The third-order valence-electron chi connectivity index (χ3n) is 7.03. The lowest BCUT2D eigenvalue weighted by atomic mass is 9.91. The number of benzene rings is 1. The summed E-state index contributed by atoms with van der Waals surface area (Å²) in [6.45, 7) is 2.62. The van der Waals surface area contributed by atoms with Gasteiger partial charge in [0.2, 0.25) is 11.8 Å². The Morgan fingerprint density at radius 3 is 2.48 bits per heavy atom. The van der Waals surface area contributed by atoms with Gasteiger partial charge in [-0.25, -0.2) is 19.2 Å². The van der Waals surface area contributed by atoms with Gasteiger partial charge in [0.15, 0.2) is 0 Å². The molecule has 0 bridgehead atoms. The maximum Gasteiger partial charge on any atom is 0.334 e. The van der Waals surface area contributed by atoms with Crippen molar-refractivity contribution in [1.82, 2.24) is 25.1 Å². The predicted octanol–water partition coefficient (Wildman–Crippen LogP) is 2.70. The molecule has 1 aromatic carbocycles. The Kier molecular flexibility index (Phi) is 7.17. The summed E-state index contributed by atoms with van der Waals surface area (Å²) in [5.41, 5.74) is 0.781. The summed E-state index contributed by atoms with van der Waals surface area (Å²) in [6.07, 6.45) is 6.14. The number of nitrogens with zero attached hydrogens (tertiary/aromatic N) is 4. The summed E-state index contributed by atoms with van der Waals surface area (Å²) >= 11 is 0. The van der Waals surface area contributed by atoms with Gasteiger partial charge in [0.25, 0.3) is 0 Å². The number of rotatable bonds is 5. The average molecular weight is 460 g/mol. The van der Waals surface area contributed by atoms with E-state index in [1.165, 1.54) is 18.6 Å². The second-order valence-corrected chi connectivity index (χ2v) is 9.31. The van der Waals surface area contributed by atoms with Crippen molar-refractivity contribution in [2.24, 2.45) is 0 Å². The summed E-state index contributed by atoms with van der Waals surface area (Å²) in [5, 5.41) is 6.12. The minimum absolute atomic E-state index is 0.0181. The van der Waals surface area contributed by atoms with Crippen molar-refractivity contribution in [3.8, 4) is 0 Å². The van der Waals surface area contributed by atoms with Crippen molar-refractivity contribution in [2.75, 3.05) is 20.1 Å². The molecule has 1 aliphatic carbocycles. The number of urea groups is 1. The molecule has 2 heterocycles. The molecule has 4 amide bonds. The molecule has 0 unspecified atom stereocenters. The molecule has 2 aliphatic heterocycles. The van der Waals surface area contributed by atoms with Gasteiger partial charge in [0, 0.05) is 19.6 Å². The van der Waals surface area contributed by atoms with Crippen LogP contribution in [0.5, 0.6) is 0 Å². The van der Waals surface area contributed by atoms with E-state index in [0.717, 1.165) is 37.7 Å². The fourth-order valence-corrected chi connectivity index (χ4v) is 5.40. The van der Waals surface area contributed by atoms with Crippen LogP contribution in [-0.2, 0) is 16.1 Å². The van der Waals surface area contributed by atoms with Crippen LogP contribution in [0.2, 0.25) is 0 Å². The molecule has 2 atom stereocenters. The minimum atomic E-state index is -0.541. The van der Waals surface area contributed by atoms with Crippen LogP contribution in [0.15, 0.2) is 24.3 Å². The van der Waals surface area contributed by atoms with Crippen LogP contribution < -0.4 is 5.32 Å². The average Bonchev–Trinajstić information content (AvgIpc) is 2.80. The first kappa shape index (κ1) is 23.5. The number of hydrogen-bond donors (Lipinski definition) is 1. The lowest BCUT2D eigenvalue weighted by Gasteiger charge is -2.55. The monoisotopic (exact) mass is 459 g/mol. The summed E-state index contributed by atoms with van der Waals surface area (Å²) in [7, 11) is 1.73. The number of amides is 4. The highest BCUT2D eigenvalue weighted by molar-refractivity contribution is 5.91. The lowest BCUT2D eigenvalue weighted by molar-refractivity contribution is -0.190. The largest absolute Gasteiger partial charge is 0.334 e. The molecule has 1 aromatic rings. The molecule has 1 N–H and O–H groups in total. The summed E-state index contributed by atoms with van der Waals surface area (Å²) in [5.74, 6) is -0.434. The number of likely N-dealkylation sites (N-methyl/N-ethyl adjacent to an activating group) is 1. The maximum atomic E-state index is 13.5. The molecule has 3 fully saturated rings. The van der Waals surface area contributed by atoms with Gasteiger partial charge < -0.3 is 15.1 Å². The number of hydrazine groups is 1. The smallest absolute Gasteiger partial charge is 0.334 e. The molecular formula is C24H34FN5O3. The zero-order valence-corrected chi connectivity index (χ0v) is 19.5. The Bertz CT molecular complexity index is 873. The number of fused-ring (bicyclic) bond motifs is 1. The molecular weight excluding hydrogens is 425 g/mol. The second-order valence-electron chi connectivity index (χ2n) is 9.31. The van der Waals surface area contributed by atoms with Crippen LogP contribution in [0.3, 0.4) is 0 Å². The van der Waals surface area contributed by atoms with Gasteiger partial charge in [-0.05, 0) is 37.0 Å². The number of halogens is 1. The molecule has 180 valence electrons. The molecule has 1 saturated carbocycles. The highest BCUT2D eigenvalue weighted by Gasteiger charge is 2.51. The molecule has 9 heteroatoms. The van der Waals surface area contributed by atoms with Crippen LogP contribution >= 0.6 is 0 Å². The van der Waals surface area contributed by atoms with Crippen LogP contribution in [-0.4, -0.2) is 76.0 Å². The van der Waals surface area contributed by atoms with E-state index in [1.807, 2.05) is 11.8 Å². The summed E-state index contributed by atoms with van der Waals surface area (Å²) in [4.78, 5) is 43.4. The Morgan fingerprint density at radius 1 is 1.12 bits per heavy atom. The Morgan fingerprint density at radius 2 is 1.82 bits per heavy atom. The normalized spacial score (nSPS) is 24.8. The van der Waals surface area contributed by atoms with E-state index in [0.29, 0.717) is 13.0 Å². The maximum absolute atomic E-state index is 13.5. The van der Waals surface area contributed by atoms with Crippen LogP contribution in [0.25, 0.3) is 0 Å². The van der Waals surface area contributed by atoms with Crippen LogP contribution in [0.1, 0.15) is 57.4 Å². The zero-order valence-electron chi connectivity index (χ0n) is 19.5. The van der Waals surface area contributed by atoms with Crippen LogP contribution in [0, 0.1) is 5.82 Å². The third kappa shape index (κ3) is 4.83. The number of carbonyl (C=O) groups excluding carboxylic acids is 3. The first-order valence-electron chi connectivity index (χ1n) is 12.0. The number of nitrogens with one attached hydrogen (secondary N) is 1. The SMILES string of the molecule is CCC[C@H]1C(=O)N(C2CCCCC2)C[C@H]2N1C(=O)CN(C)N2C(=O)NCc1ccc(F)cc1. The second kappa shape index (κ2) is 10.1. The van der Waals surface area contributed by atoms with Crippen molar-refractivity contribution in [2.45, 2.75) is 76.7 Å². The van der Waals surface area contributed by atoms with E-state index in [-0.39, 0.29) is 42.8 Å². The quantitative estimate of drug-likeness (QED) is 0.735. The van der Waals surface area contributed by atoms with Crippen molar-refractivity contribution < 1.29 is 18.8 Å². The number of piperazine rings is 1. The van der Waals surface area contributed by atoms with Gasteiger partial charge in [-0.2, -0.15) is 0 Å². The van der Waals surface area contributed by atoms with E-state index < -0.39 is 12.2 Å².